The number of H-pyrrole nitrogens is 1. The minimum atomic E-state index is 0.124. The third kappa shape index (κ3) is 4.82. The lowest BCUT2D eigenvalue weighted by atomic mass is 10.1. The van der Waals surface area contributed by atoms with E-state index in [0.29, 0.717) is 6.54 Å². The Morgan fingerprint density at radius 2 is 1.91 bits per heavy atom. The molecule has 7 nitrogen and oxygen atoms in total. The second-order valence-electron chi connectivity index (χ2n) is 8.15. The molecule has 0 amide bonds. The molecule has 0 radical (unpaired) electrons. The Morgan fingerprint density at radius 1 is 1.09 bits per heavy atom. The summed E-state index contributed by atoms with van der Waals surface area (Å²) >= 11 is 0. The molecule has 166 valence electrons. The standard InChI is InChI=1S/C25H31N7/c1-17-9-8-12-22-24(17)21(15-27-22)13-14-26-25(28-16-23-31-30-19(3)32(23)4)29-18(2)20-10-6-5-7-11-20/h5-12,15,18,27H,13-14,16H2,1-4H3,(H2,26,28,29). The van der Waals surface area contributed by atoms with Gasteiger partial charge in [-0.3, -0.25) is 0 Å². The fourth-order valence-corrected chi connectivity index (χ4v) is 3.89. The monoisotopic (exact) mass is 429 g/mol. The number of hydrogen-bond acceptors (Lipinski definition) is 3. The third-order valence-corrected chi connectivity index (χ3v) is 5.90. The van der Waals surface area contributed by atoms with E-state index in [1.165, 1.54) is 27.6 Å². The van der Waals surface area contributed by atoms with Gasteiger partial charge in [-0.25, -0.2) is 4.99 Å². The lowest BCUT2D eigenvalue weighted by molar-refractivity contribution is 0.675. The normalized spacial score (nSPS) is 12.8. The van der Waals surface area contributed by atoms with Crippen molar-refractivity contribution in [2.24, 2.45) is 12.0 Å². The van der Waals surface area contributed by atoms with Crippen LogP contribution in [0.1, 0.15) is 41.3 Å². The molecule has 0 fully saturated rings. The van der Waals surface area contributed by atoms with E-state index in [1.54, 1.807) is 0 Å². The molecule has 1 atom stereocenters. The lowest BCUT2D eigenvalue weighted by Gasteiger charge is -2.19. The minimum absolute atomic E-state index is 0.124. The molecule has 0 saturated heterocycles. The second kappa shape index (κ2) is 9.68. The smallest absolute Gasteiger partial charge is 0.192 e. The summed E-state index contributed by atoms with van der Waals surface area (Å²) in [5.41, 5.74) is 5.00. The molecular formula is C25H31N7. The summed E-state index contributed by atoms with van der Waals surface area (Å²) in [6.07, 6.45) is 3.01. The molecule has 32 heavy (non-hydrogen) atoms. The van der Waals surface area contributed by atoms with Crippen LogP contribution in [0.15, 0.2) is 59.7 Å². The van der Waals surface area contributed by atoms with Gasteiger partial charge in [0.05, 0.1) is 6.04 Å². The molecule has 2 aromatic carbocycles. The van der Waals surface area contributed by atoms with Crippen molar-refractivity contribution in [3.8, 4) is 0 Å². The average molecular weight is 430 g/mol. The summed E-state index contributed by atoms with van der Waals surface area (Å²) in [5.74, 6) is 2.48. The number of aromatic amines is 1. The molecule has 2 heterocycles. The number of fused-ring (bicyclic) bond motifs is 1. The van der Waals surface area contributed by atoms with Crippen LogP contribution in [-0.2, 0) is 20.0 Å². The number of aliphatic imine (C=N–C) groups is 1. The number of nitrogens with one attached hydrogen (secondary N) is 3. The first-order chi connectivity index (χ1) is 15.5. The van der Waals surface area contributed by atoms with Crippen LogP contribution in [-0.4, -0.2) is 32.3 Å². The number of nitrogens with zero attached hydrogens (tertiary/aromatic N) is 4. The number of rotatable bonds is 7. The fraction of sp³-hybridized carbons (Fsp3) is 0.320. The highest BCUT2D eigenvalue weighted by atomic mass is 15.3. The highest BCUT2D eigenvalue weighted by Gasteiger charge is 2.11. The summed E-state index contributed by atoms with van der Waals surface area (Å²) in [7, 11) is 1.96. The second-order valence-corrected chi connectivity index (χ2v) is 8.15. The maximum Gasteiger partial charge on any atom is 0.192 e. The van der Waals surface area contributed by atoms with Crippen LogP contribution in [0.4, 0.5) is 0 Å². The zero-order chi connectivity index (χ0) is 22.5. The van der Waals surface area contributed by atoms with Crippen molar-refractivity contribution in [3.63, 3.8) is 0 Å². The molecule has 3 N–H and O–H groups in total. The minimum Gasteiger partial charge on any atom is -0.361 e. The number of guanidine groups is 1. The van der Waals surface area contributed by atoms with E-state index in [2.05, 4.69) is 88.3 Å². The van der Waals surface area contributed by atoms with Gasteiger partial charge >= 0.3 is 0 Å². The summed E-state index contributed by atoms with van der Waals surface area (Å²) in [4.78, 5) is 8.18. The van der Waals surface area contributed by atoms with Crippen LogP contribution in [0, 0.1) is 13.8 Å². The Kier molecular flexibility index (Phi) is 6.54. The highest BCUT2D eigenvalue weighted by Crippen LogP contribution is 2.22. The van der Waals surface area contributed by atoms with Gasteiger partial charge in [-0.2, -0.15) is 0 Å². The van der Waals surface area contributed by atoms with E-state index in [1.807, 2.05) is 24.6 Å². The van der Waals surface area contributed by atoms with Crippen molar-refractivity contribution < 1.29 is 0 Å². The van der Waals surface area contributed by atoms with E-state index in [4.69, 9.17) is 4.99 Å². The number of aryl methyl sites for hydroxylation is 2. The Morgan fingerprint density at radius 3 is 2.66 bits per heavy atom. The van der Waals surface area contributed by atoms with E-state index >= 15 is 0 Å². The molecule has 4 rings (SSSR count). The van der Waals surface area contributed by atoms with Gasteiger partial charge in [0.1, 0.15) is 12.4 Å². The van der Waals surface area contributed by atoms with Crippen molar-refractivity contribution in [2.45, 2.75) is 39.8 Å². The van der Waals surface area contributed by atoms with E-state index in [0.717, 1.165) is 30.6 Å². The predicted octanol–water partition coefficient (Wildman–Crippen LogP) is 3.95. The predicted molar refractivity (Wildman–Crippen MR) is 130 cm³/mol. The summed E-state index contributed by atoms with van der Waals surface area (Å²) in [6.45, 7) is 7.47. The lowest BCUT2D eigenvalue weighted by Crippen LogP contribution is -2.39. The van der Waals surface area contributed by atoms with E-state index < -0.39 is 0 Å². The Hall–Kier alpha value is -3.61. The van der Waals surface area contributed by atoms with Crippen molar-refractivity contribution in [1.82, 2.24) is 30.4 Å². The van der Waals surface area contributed by atoms with Gasteiger partial charge in [-0.15, -0.1) is 10.2 Å². The van der Waals surface area contributed by atoms with Gasteiger partial charge in [-0.05, 0) is 49.9 Å². The molecule has 0 spiro atoms. The van der Waals surface area contributed by atoms with Crippen LogP contribution < -0.4 is 10.6 Å². The Balaban J connectivity index is 1.47. The van der Waals surface area contributed by atoms with Gasteiger partial charge < -0.3 is 20.2 Å². The zero-order valence-corrected chi connectivity index (χ0v) is 19.2. The van der Waals surface area contributed by atoms with Crippen molar-refractivity contribution in [3.05, 3.63) is 83.1 Å². The Bertz CT molecular complexity index is 1200. The average Bonchev–Trinajstić information content (AvgIpc) is 3.36. The summed E-state index contributed by atoms with van der Waals surface area (Å²) in [6, 6.07) is 16.9. The first-order valence-corrected chi connectivity index (χ1v) is 11.0. The highest BCUT2D eigenvalue weighted by molar-refractivity contribution is 5.86. The molecule has 0 saturated carbocycles. The Labute approximate surface area is 189 Å². The fourth-order valence-electron chi connectivity index (χ4n) is 3.89. The van der Waals surface area contributed by atoms with Crippen LogP contribution in [0.3, 0.4) is 0 Å². The summed E-state index contributed by atoms with van der Waals surface area (Å²) in [5, 5.41) is 16.7. The first kappa shape index (κ1) is 21.6. The number of aromatic nitrogens is 4. The topological polar surface area (TPSA) is 82.9 Å². The van der Waals surface area contributed by atoms with Gasteiger partial charge in [0.25, 0.3) is 0 Å². The molecule has 7 heteroatoms. The van der Waals surface area contributed by atoms with Gasteiger partial charge in [-0.1, -0.05) is 42.5 Å². The van der Waals surface area contributed by atoms with Gasteiger partial charge in [0.2, 0.25) is 0 Å². The van der Waals surface area contributed by atoms with Crippen LogP contribution in [0.5, 0.6) is 0 Å². The first-order valence-electron chi connectivity index (χ1n) is 11.0. The molecule has 0 bridgehead atoms. The third-order valence-electron chi connectivity index (χ3n) is 5.90. The number of hydrogen-bond donors (Lipinski definition) is 3. The van der Waals surface area contributed by atoms with Crippen LogP contribution in [0.25, 0.3) is 10.9 Å². The van der Waals surface area contributed by atoms with Gasteiger partial charge in [0, 0.05) is 30.7 Å². The van der Waals surface area contributed by atoms with Gasteiger partial charge in [0.15, 0.2) is 11.8 Å². The quantitative estimate of drug-likeness (QED) is 0.307. The molecule has 4 aromatic rings. The molecule has 0 aliphatic carbocycles. The van der Waals surface area contributed by atoms with E-state index in [9.17, 15) is 0 Å². The SMILES string of the molecule is Cc1cccc2[nH]cc(CCNC(=NCc3nnc(C)n3C)NC(C)c3ccccc3)c12. The van der Waals surface area contributed by atoms with Crippen molar-refractivity contribution >= 4 is 16.9 Å². The van der Waals surface area contributed by atoms with E-state index in [-0.39, 0.29) is 6.04 Å². The largest absolute Gasteiger partial charge is 0.361 e. The van der Waals surface area contributed by atoms with Crippen LogP contribution >= 0.6 is 0 Å². The number of benzene rings is 2. The molecule has 0 aliphatic rings. The maximum absolute atomic E-state index is 4.80. The molecule has 2 aromatic heterocycles. The molecule has 1 unspecified atom stereocenters. The maximum atomic E-state index is 4.80. The van der Waals surface area contributed by atoms with Crippen molar-refractivity contribution in [2.75, 3.05) is 6.54 Å². The zero-order valence-electron chi connectivity index (χ0n) is 19.2. The summed E-state index contributed by atoms with van der Waals surface area (Å²) < 4.78 is 1.97. The van der Waals surface area contributed by atoms with Crippen molar-refractivity contribution in [1.29, 1.82) is 0 Å². The molecular weight excluding hydrogens is 398 g/mol. The molecule has 0 aliphatic heterocycles. The van der Waals surface area contributed by atoms with Crippen LogP contribution in [0.2, 0.25) is 0 Å².